The summed E-state index contributed by atoms with van der Waals surface area (Å²) in [6, 6.07) is 0. The molecule has 0 aliphatic heterocycles. The molecule has 2 amide bonds. The minimum Gasteiger partial charge on any atom is -0.357 e. The number of nitrogens with zero attached hydrogens (tertiary/aromatic N) is 2. The molecule has 138 valence electrons. The molecule has 7 nitrogen and oxygen atoms in total. The fraction of sp³-hybridized carbons (Fsp3) is 0.824. The van der Waals surface area contributed by atoms with Crippen LogP contribution in [0.2, 0.25) is 0 Å². The Balaban J connectivity index is 2.66. The molecule has 0 aromatic carbocycles. The molecule has 0 atom stereocenters. The Labute approximate surface area is 145 Å². The minimum atomic E-state index is -0.357. The molecular formula is C17H33N5O2. The Morgan fingerprint density at radius 2 is 1.75 bits per heavy atom. The van der Waals surface area contributed by atoms with E-state index in [0.29, 0.717) is 25.6 Å². The zero-order chi connectivity index (χ0) is 18.0. The first-order valence-corrected chi connectivity index (χ1v) is 8.96. The van der Waals surface area contributed by atoms with Gasteiger partial charge in [0.15, 0.2) is 5.96 Å². The van der Waals surface area contributed by atoms with Gasteiger partial charge in [0.1, 0.15) is 6.54 Å². The third kappa shape index (κ3) is 6.02. The predicted molar refractivity (Wildman–Crippen MR) is 96.9 cm³/mol. The summed E-state index contributed by atoms with van der Waals surface area (Å²) in [6.07, 6.45) is 4.85. The largest absolute Gasteiger partial charge is 0.357 e. The van der Waals surface area contributed by atoms with E-state index in [-0.39, 0.29) is 23.8 Å². The molecule has 7 heteroatoms. The first-order chi connectivity index (χ1) is 11.4. The molecule has 0 bridgehead atoms. The number of amides is 2. The number of rotatable bonds is 8. The maximum absolute atomic E-state index is 12.6. The Hall–Kier alpha value is -1.79. The molecule has 1 aliphatic carbocycles. The minimum absolute atomic E-state index is 0.0873. The third-order valence-electron chi connectivity index (χ3n) is 4.31. The van der Waals surface area contributed by atoms with E-state index in [1.54, 1.807) is 19.0 Å². The summed E-state index contributed by atoms with van der Waals surface area (Å²) in [5.41, 5.74) is -0.357. The lowest BCUT2D eigenvalue weighted by Crippen LogP contribution is -2.49. The summed E-state index contributed by atoms with van der Waals surface area (Å²) in [7, 11) is 3.61. The van der Waals surface area contributed by atoms with Crippen LogP contribution in [0.15, 0.2) is 4.99 Å². The molecule has 0 unspecified atom stereocenters. The van der Waals surface area contributed by atoms with Crippen molar-refractivity contribution in [2.75, 3.05) is 40.3 Å². The lowest BCUT2D eigenvalue weighted by molar-refractivity contribution is -0.138. The fourth-order valence-corrected chi connectivity index (χ4v) is 3.06. The summed E-state index contributed by atoms with van der Waals surface area (Å²) in [5, 5.41) is 9.20. The van der Waals surface area contributed by atoms with Crippen molar-refractivity contribution >= 4 is 17.8 Å². The molecular weight excluding hydrogens is 306 g/mol. The van der Waals surface area contributed by atoms with Crippen LogP contribution < -0.4 is 16.0 Å². The van der Waals surface area contributed by atoms with E-state index in [1.807, 2.05) is 13.8 Å². The average Bonchev–Trinajstić information content (AvgIpc) is 3.04. The predicted octanol–water partition coefficient (Wildman–Crippen LogP) is 0.716. The van der Waals surface area contributed by atoms with Gasteiger partial charge in [0.25, 0.3) is 0 Å². The van der Waals surface area contributed by atoms with Gasteiger partial charge in [-0.05, 0) is 26.2 Å². The van der Waals surface area contributed by atoms with Gasteiger partial charge in [-0.25, -0.2) is 4.99 Å². The van der Waals surface area contributed by atoms with Crippen LogP contribution in [-0.2, 0) is 9.59 Å². The van der Waals surface area contributed by atoms with Gasteiger partial charge in [-0.2, -0.15) is 0 Å². The smallest absolute Gasteiger partial charge is 0.241 e. The Morgan fingerprint density at radius 3 is 2.29 bits per heavy atom. The van der Waals surface area contributed by atoms with Crippen LogP contribution in [0.25, 0.3) is 0 Å². The first-order valence-electron chi connectivity index (χ1n) is 8.96. The molecule has 1 rings (SSSR count). The van der Waals surface area contributed by atoms with E-state index < -0.39 is 0 Å². The molecule has 1 fully saturated rings. The Morgan fingerprint density at radius 1 is 1.08 bits per heavy atom. The second-order valence-electron chi connectivity index (χ2n) is 6.59. The molecule has 3 N–H and O–H groups in total. The zero-order valence-electron chi connectivity index (χ0n) is 15.6. The molecule has 0 saturated heterocycles. The lowest BCUT2D eigenvalue weighted by atomic mass is 9.84. The van der Waals surface area contributed by atoms with Crippen molar-refractivity contribution in [2.45, 2.75) is 46.0 Å². The second kappa shape index (κ2) is 10.2. The van der Waals surface area contributed by atoms with E-state index in [1.165, 1.54) is 0 Å². The van der Waals surface area contributed by atoms with Gasteiger partial charge in [-0.15, -0.1) is 0 Å². The topological polar surface area (TPSA) is 85.8 Å². The second-order valence-corrected chi connectivity index (χ2v) is 6.59. The van der Waals surface area contributed by atoms with Crippen molar-refractivity contribution in [3.63, 3.8) is 0 Å². The summed E-state index contributed by atoms with van der Waals surface area (Å²) in [5.74, 6) is 0.667. The van der Waals surface area contributed by atoms with Crippen molar-refractivity contribution < 1.29 is 9.59 Å². The standard InChI is InChI=1S/C17H33N5O2/c1-5-11-19-14(23)12-20-16(18-6-2)21-13-17(9-7-8-10-17)15(24)22(3)4/h5-13H2,1-4H3,(H,19,23)(H2,18,20,21). The maximum atomic E-state index is 12.6. The van der Waals surface area contributed by atoms with Gasteiger partial charge in [0, 0.05) is 33.7 Å². The number of nitrogens with one attached hydrogen (secondary N) is 3. The van der Waals surface area contributed by atoms with Gasteiger partial charge in [-0.1, -0.05) is 19.8 Å². The van der Waals surface area contributed by atoms with Crippen molar-refractivity contribution in [1.82, 2.24) is 20.9 Å². The van der Waals surface area contributed by atoms with Gasteiger partial charge >= 0.3 is 0 Å². The van der Waals surface area contributed by atoms with E-state index in [4.69, 9.17) is 0 Å². The van der Waals surface area contributed by atoms with Gasteiger partial charge < -0.3 is 20.9 Å². The molecule has 24 heavy (non-hydrogen) atoms. The highest BCUT2D eigenvalue weighted by atomic mass is 16.2. The zero-order valence-corrected chi connectivity index (χ0v) is 15.6. The SMILES string of the molecule is CCCNC(=O)CN=C(NCC)NCC1(C(=O)N(C)C)CCCC1. The molecule has 1 aliphatic rings. The van der Waals surface area contributed by atoms with Crippen molar-refractivity contribution in [3.8, 4) is 0 Å². The van der Waals surface area contributed by atoms with Crippen LogP contribution in [-0.4, -0.2) is 62.9 Å². The average molecular weight is 339 g/mol. The van der Waals surface area contributed by atoms with E-state index in [0.717, 1.165) is 32.1 Å². The number of hydrogen-bond acceptors (Lipinski definition) is 3. The Bertz CT molecular complexity index is 442. The molecule has 0 aromatic heterocycles. The quantitative estimate of drug-likeness (QED) is 0.449. The van der Waals surface area contributed by atoms with Crippen molar-refractivity contribution in [2.24, 2.45) is 10.4 Å². The van der Waals surface area contributed by atoms with Crippen molar-refractivity contribution in [3.05, 3.63) is 0 Å². The summed E-state index contributed by atoms with van der Waals surface area (Å²) < 4.78 is 0. The molecule has 0 spiro atoms. The van der Waals surface area contributed by atoms with Gasteiger partial charge in [-0.3, -0.25) is 9.59 Å². The van der Waals surface area contributed by atoms with E-state index >= 15 is 0 Å². The summed E-state index contributed by atoms with van der Waals surface area (Å²) in [4.78, 5) is 30.3. The van der Waals surface area contributed by atoms with E-state index in [9.17, 15) is 9.59 Å². The Kier molecular flexibility index (Phi) is 8.57. The normalized spacial score (nSPS) is 16.6. The summed E-state index contributed by atoms with van der Waals surface area (Å²) in [6.45, 7) is 5.99. The van der Waals surface area contributed by atoms with Crippen LogP contribution in [0, 0.1) is 5.41 Å². The number of hydrogen-bond donors (Lipinski definition) is 3. The number of carbonyl (C=O) groups is 2. The van der Waals surface area contributed by atoms with Crippen LogP contribution in [0.5, 0.6) is 0 Å². The molecule has 1 saturated carbocycles. The fourth-order valence-electron chi connectivity index (χ4n) is 3.06. The highest BCUT2D eigenvalue weighted by Gasteiger charge is 2.42. The molecule has 0 radical (unpaired) electrons. The van der Waals surface area contributed by atoms with Crippen molar-refractivity contribution in [1.29, 1.82) is 0 Å². The summed E-state index contributed by atoms with van der Waals surface area (Å²) >= 11 is 0. The monoisotopic (exact) mass is 339 g/mol. The van der Waals surface area contributed by atoms with Crippen LogP contribution in [0.4, 0.5) is 0 Å². The number of guanidine groups is 1. The third-order valence-corrected chi connectivity index (χ3v) is 4.31. The van der Waals surface area contributed by atoms with Gasteiger partial charge in [0.2, 0.25) is 11.8 Å². The number of carbonyl (C=O) groups excluding carboxylic acids is 2. The lowest BCUT2D eigenvalue weighted by Gasteiger charge is -2.31. The van der Waals surface area contributed by atoms with Crippen LogP contribution in [0.3, 0.4) is 0 Å². The van der Waals surface area contributed by atoms with Crippen LogP contribution in [0.1, 0.15) is 46.0 Å². The number of aliphatic imine (C=N–C) groups is 1. The highest BCUT2D eigenvalue weighted by molar-refractivity contribution is 5.86. The molecule has 0 aromatic rings. The molecule has 0 heterocycles. The first kappa shape index (κ1) is 20.3. The van der Waals surface area contributed by atoms with Crippen LogP contribution >= 0.6 is 0 Å². The van der Waals surface area contributed by atoms with Gasteiger partial charge in [0.05, 0.1) is 5.41 Å². The maximum Gasteiger partial charge on any atom is 0.241 e. The highest BCUT2D eigenvalue weighted by Crippen LogP contribution is 2.38. The van der Waals surface area contributed by atoms with E-state index in [2.05, 4.69) is 20.9 Å².